The SMILES string of the molecule is c1ccc2c(c1)[I-]c1ccccc1N1c3ccccc3[I-]c3ccccc3[Si]13c1ccccc1[I-]c1ccccc1N23. The van der Waals surface area contributed by atoms with Crippen LogP contribution in [-0.2, 0) is 0 Å². The second-order valence-corrected chi connectivity index (χ2v) is 22.3. The van der Waals surface area contributed by atoms with E-state index in [4.69, 9.17) is 0 Å². The molecule has 2 nitrogen and oxygen atoms in total. The Morgan fingerprint density at radius 1 is 0.310 bits per heavy atom. The fourth-order valence-electron chi connectivity index (χ4n) is 6.52. The molecule has 0 saturated carbocycles. The number of rotatable bonds is 0. The number of benzene rings is 6. The van der Waals surface area contributed by atoms with Crippen molar-refractivity contribution in [3.63, 3.8) is 0 Å². The van der Waals surface area contributed by atoms with Crippen molar-refractivity contribution in [2.75, 3.05) is 9.13 Å². The monoisotopic (exact) mass is 893 g/mol. The van der Waals surface area contributed by atoms with Gasteiger partial charge in [-0.2, -0.15) is 0 Å². The predicted molar refractivity (Wildman–Crippen MR) is 160 cm³/mol. The Labute approximate surface area is 278 Å². The normalized spacial score (nSPS) is 16.0. The summed E-state index contributed by atoms with van der Waals surface area (Å²) < 4.78 is 15.0. The van der Waals surface area contributed by atoms with E-state index < -0.39 is 72.0 Å². The first-order chi connectivity index (χ1) is 20.8. The topological polar surface area (TPSA) is 6.48 Å². The van der Waals surface area contributed by atoms with Gasteiger partial charge in [0.2, 0.25) is 0 Å². The van der Waals surface area contributed by atoms with Crippen LogP contribution in [-0.4, -0.2) is 8.40 Å². The van der Waals surface area contributed by atoms with Crippen molar-refractivity contribution in [3.8, 4) is 0 Å². The third kappa shape index (κ3) is 3.70. The summed E-state index contributed by atoms with van der Waals surface area (Å²) in [6.07, 6.45) is 0. The summed E-state index contributed by atoms with van der Waals surface area (Å²) in [5.74, 6) is 0. The quantitative estimate of drug-likeness (QED) is 0.121. The summed E-state index contributed by atoms with van der Waals surface area (Å²) in [7, 11) is -3.01. The average molecular weight is 893 g/mol. The molecule has 0 bridgehead atoms. The van der Waals surface area contributed by atoms with Crippen LogP contribution in [0.2, 0.25) is 0 Å². The number of nitrogens with zero attached hydrogens (tertiary/aromatic N) is 2. The van der Waals surface area contributed by atoms with Crippen molar-refractivity contribution >= 4 is 41.5 Å². The van der Waals surface area contributed by atoms with E-state index in [1.54, 1.807) is 17.5 Å². The van der Waals surface area contributed by atoms with Crippen molar-refractivity contribution in [1.82, 2.24) is 0 Å². The Balaban J connectivity index is 1.58. The van der Waals surface area contributed by atoms with Crippen LogP contribution in [0.25, 0.3) is 0 Å². The van der Waals surface area contributed by atoms with Gasteiger partial charge in [0.15, 0.2) is 0 Å². The molecule has 6 heteroatoms. The van der Waals surface area contributed by atoms with Gasteiger partial charge in [0.05, 0.1) is 0 Å². The van der Waals surface area contributed by atoms with Gasteiger partial charge in [0.25, 0.3) is 0 Å². The zero-order valence-electron chi connectivity index (χ0n) is 22.4. The van der Waals surface area contributed by atoms with Crippen molar-refractivity contribution in [2.24, 2.45) is 0 Å². The van der Waals surface area contributed by atoms with Crippen LogP contribution in [0.1, 0.15) is 0 Å². The molecule has 1 spiro atoms. The summed E-state index contributed by atoms with van der Waals surface area (Å²) in [5.41, 5.74) is 5.61. The van der Waals surface area contributed by atoms with Gasteiger partial charge in [-0.3, -0.25) is 0 Å². The molecule has 6 aromatic rings. The summed E-state index contributed by atoms with van der Waals surface area (Å²) >= 11 is -1.20. The Kier molecular flexibility index (Phi) is 6.27. The molecule has 0 N–H and O–H groups in total. The van der Waals surface area contributed by atoms with Crippen molar-refractivity contribution < 1.29 is 63.6 Å². The van der Waals surface area contributed by atoms with Gasteiger partial charge in [-0.1, -0.05) is 0 Å². The molecule has 3 aliphatic heterocycles. The van der Waals surface area contributed by atoms with Crippen molar-refractivity contribution in [1.29, 1.82) is 0 Å². The Morgan fingerprint density at radius 3 is 0.929 bits per heavy atom. The van der Waals surface area contributed by atoms with Gasteiger partial charge in [-0.15, -0.1) is 0 Å². The van der Waals surface area contributed by atoms with E-state index in [0.717, 1.165) is 0 Å². The molecule has 0 radical (unpaired) electrons. The van der Waals surface area contributed by atoms with Crippen LogP contribution >= 0.6 is 0 Å². The molecule has 0 amide bonds. The fraction of sp³-hybridized carbons (Fsp3) is 0. The van der Waals surface area contributed by atoms with Crippen LogP contribution in [0.15, 0.2) is 146 Å². The zero-order chi connectivity index (χ0) is 27.7. The zero-order valence-corrected chi connectivity index (χ0v) is 29.9. The first-order valence-corrected chi connectivity index (χ1v) is 22.3. The number of hydrogen-bond acceptors (Lipinski definition) is 2. The van der Waals surface area contributed by atoms with Crippen LogP contribution in [0.5, 0.6) is 0 Å². The molecule has 0 fully saturated rings. The number of halogens is 3. The molecule has 42 heavy (non-hydrogen) atoms. The van der Waals surface area contributed by atoms with Gasteiger partial charge in [-0.25, -0.2) is 0 Å². The van der Waals surface area contributed by atoms with Gasteiger partial charge in [0, 0.05) is 0 Å². The average Bonchev–Trinajstić information content (AvgIpc) is 3.24. The van der Waals surface area contributed by atoms with E-state index in [1.165, 1.54) is 37.0 Å². The molecule has 3 aliphatic rings. The minimum absolute atomic E-state index is 0.390. The number of hydrogen-bond donors (Lipinski definition) is 0. The van der Waals surface area contributed by atoms with Gasteiger partial charge >= 0.3 is 281 Å². The number of anilines is 4. The molecule has 3 heterocycles. The van der Waals surface area contributed by atoms with E-state index in [9.17, 15) is 0 Å². The molecule has 0 unspecified atom stereocenters. The molecule has 6 aromatic carbocycles. The molecule has 206 valence electrons. The molecule has 0 saturated heterocycles. The molecule has 0 aliphatic carbocycles. The first-order valence-electron chi connectivity index (χ1n) is 13.9. The third-order valence-corrected chi connectivity index (χ3v) is 22.8. The van der Waals surface area contributed by atoms with E-state index in [0.29, 0.717) is 0 Å². The Morgan fingerprint density at radius 2 is 0.571 bits per heavy atom. The number of fused-ring (bicyclic) bond motifs is 10. The molecule has 0 atom stereocenters. The van der Waals surface area contributed by atoms with Crippen LogP contribution in [0.4, 0.5) is 22.7 Å². The van der Waals surface area contributed by atoms with Crippen molar-refractivity contribution in [2.45, 2.75) is 0 Å². The van der Waals surface area contributed by atoms with E-state index >= 15 is 0 Å². The Bertz CT molecular complexity index is 1880. The maximum absolute atomic E-state index is 3.01. The Hall–Kier alpha value is -2.67. The summed E-state index contributed by atoms with van der Waals surface area (Å²) in [4.78, 5) is 0. The van der Waals surface area contributed by atoms with Crippen LogP contribution in [0.3, 0.4) is 0 Å². The first kappa shape index (κ1) is 25.8. The standard InChI is InChI=1S/C36H24I3N2Si/c1-7-19-31-25(13-1)37-26-14-2-8-20-32(26)41-34-22-10-4-16-28(34)39-30-18-6-12-24-36(30)42(41)35-23-11-5-17-29(35)38-27-15-3-9-21-33(27)40(31)42/h1-24H/q-3. The van der Waals surface area contributed by atoms with Gasteiger partial charge in [0.1, 0.15) is 0 Å². The van der Waals surface area contributed by atoms with E-state index in [2.05, 4.69) is 155 Å². The molecule has 9 rings (SSSR count). The van der Waals surface area contributed by atoms with E-state index in [1.807, 2.05) is 0 Å². The third-order valence-electron chi connectivity index (χ3n) is 8.13. The molecular weight excluding hydrogens is 869 g/mol. The van der Waals surface area contributed by atoms with Crippen LogP contribution in [0, 0.1) is 21.4 Å². The summed E-state index contributed by atoms with van der Waals surface area (Å²) in [6, 6.07) is 56.4. The van der Waals surface area contributed by atoms with E-state index in [-0.39, 0.29) is 0 Å². The summed E-state index contributed by atoms with van der Waals surface area (Å²) in [6.45, 7) is 0. The maximum atomic E-state index is 2.91. The summed E-state index contributed by atoms with van der Waals surface area (Å²) in [5, 5.41) is 3.10. The second-order valence-electron chi connectivity index (χ2n) is 10.4. The predicted octanol–water partition coefficient (Wildman–Crippen LogP) is -2.75. The number of para-hydroxylation sites is 4. The van der Waals surface area contributed by atoms with Crippen molar-refractivity contribution in [3.05, 3.63) is 167 Å². The van der Waals surface area contributed by atoms with Gasteiger partial charge < -0.3 is 0 Å². The minimum atomic E-state index is -3.01. The fourth-order valence-corrected chi connectivity index (χ4v) is 23.4. The van der Waals surface area contributed by atoms with Crippen LogP contribution < -0.4 is 83.1 Å². The second kappa shape index (κ2) is 10.2. The van der Waals surface area contributed by atoms with Gasteiger partial charge in [-0.05, 0) is 0 Å². The molecule has 0 aromatic heterocycles. The molecular formula is C36H24I3N2Si-3.